The predicted molar refractivity (Wildman–Crippen MR) is 162 cm³/mol. The second-order valence-corrected chi connectivity index (χ2v) is 12.4. The highest BCUT2D eigenvalue weighted by Gasteiger charge is 2.50. The first-order chi connectivity index (χ1) is 21.6. The lowest BCUT2D eigenvalue weighted by Crippen LogP contribution is -2.44. The topological polar surface area (TPSA) is 151 Å². The molecule has 3 heterocycles. The molecule has 7 rings (SSSR count). The fraction of sp³-hybridized carbons (Fsp3) is 0.394. The van der Waals surface area contributed by atoms with E-state index in [4.69, 9.17) is 24.9 Å². The molecule has 234 valence electrons. The molecular formula is C33H34FN5O6. The number of methoxy groups -OCH3 is 2. The Kier molecular flexibility index (Phi) is 6.73. The number of hydrogen-bond acceptors (Lipinski definition) is 8. The van der Waals surface area contributed by atoms with Gasteiger partial charge in [-0.05, 0) is 68.9 Å². The Hall–Kier alpha value is -4.71. The van der Waals surface area contributed by atoms with E-state index >= 15 is 0 Å². The van der Waals surface area contributed by atoms with Crippen molar-refractivity contribution in [2.75, 3.05) is 27.4 Å². The Balaban J connectivity index is 1.27. The maximum atomic E-state index is 14.1. The average Bonchev–Trinajstić information content (AvgIpc) is 3.98. The van der Waals surface area contributed by atoms with Crippen LogP contribution in [-0.4, -0.2) is 59.1 Å². The normalized spacial score (nSPS) is 20.3. The first-order valence-corrected chi connectivity index (χ1v) is 15.0. The van der Waals surface area contributed by atoms with Gasteiger partial charge in [0, 0.05) is 34.3 Å². The van der Waals surface area contributed by atoms with Crippen molar-refractivity contribution in [3.8, 4) is 28.5 Å². The minimum atomic E-state index is -1.60. The number of benzene rings is 2. The van der Waals surface area contributed by atoms with E-state index in [9.17, 15) is 19.1 Å². The van der Waals surface area contributed by atoms with Crippen molar-refractivity contribution in [3.05, 3.63) is 65.2 Å². The van der Waals surface area contributed by atoms with Crippen LogP contribution in [0.2, 0.25) is 0 Å². The number of carbonyl (C=O) groups excluding carboxylic acids is 2. The summed E-state index contributed by atoms with van der Waals surface area (Å²) in [4.78, 5) is 31.1. The summed E-state index contributed by atoms with van der Waals surface area (Å²) in [6.07, 6.45) is 5.49. The Morgan fingerprint density at radius 1 is 1.16 bits per heavy atom. The van der Waals surface area contributed by atoms with Crippen LogP contribution in [-0.2, 0) is 15.8 Å². The van der Waals surface area contributed by atoms with E-state index in [1.165, 1.54) is 32.4 Å². The second-order valence-electron chi connectivity index (χ2n) is 12.4. The number of ether oxygens (including phenoxy) is 3. The lowest BCUT2D eigenvalue weighted by Gasteiger charge is -2.30. The van der Waals surface area contributed by atoms with E-state index in [0.29, 0.717) is 52.6 Å². The lowest BCUT2D eigenvalue weighted by atomic mass is 9.81. The molecule has 1 aliphatic heterocycles. The van der Waals surface area contributed by atoms with Gasteiger partial charge in [0.1, 0.15) is 51.9 Å². The molecule has 2 saturated carbocycles. The second kappa shape index (κ2) is 10.4. The minimum Gasteiger partial charge on any atom is -0.496 e. The SMILES string of the molecule is COc1cc(F)ccc1-c1nc([C@](O)(CNC(=O)c2cc(OC)c3nn(C4CC4)cc3c2)C2CC2)cc2c1OC[C@]2(C)C(N)=O. The van der Waals surface area contributed by atoms with Crippen LogP contribution in [0.25, 0.3) is 22.2 Å². The molecule has 2 fully saturated rings. The highest BCUT2D eigenvalue weighted by atomic mass is 19.1. The zero-order valence-electron chi connectivity index (χ0n) is 25.2. The molecule has 4 aromatic rings. The molecule has 45 heavy (non-hydrogen) atoms. The molecule has 0 unspecified atom stereocenters. The van der Waals surface area contributed by atoms with Gasteiger partial charge in [-0.2, -0.15) is 5.10 Å². The van der Waals surface area contributed by atoms with E-state index in [0.717, 1.165) is 18.2 Å². The number of rotatable bonds is 10. The molecule has 0 bridgehead atoms. The molecule has 2 atom stereocenters. The third-order valence-electron chi connectivity index (χ3n) is 9.24. The molecule has 2 amide bonds. The summed E-state index contributed by atoms with van der Waals surface area (Å²) in [5.74, 6) is -0.720. The summed E-state index contributed by atoms with van der Waals surface area (Å²) in [7, 11) is 2.95. The summed E-state index contributed by atoms with van der Waals surface area (Å²) in [6, 6.07) is 9.42. The summed E-state index contributed by atoms with van der Waals surface area (Å²) >= 11 is 0. The Labute approximate surface area is 258 Å². The number of fused-ring (bicyclic) bond motifs is 2. The van der Waals surface area contributed by atoms with Crippen molar-refractivity contribution in [2.24, 2.45) is 11.7 Å². The van der Waals surface area contributed by atoms with Crippen molar-refractivity contribution >= 4 is 22.7 Å². The van der Waals surface area contributed by atoms with Crippen LogP contribution in [0.15, 0.2) is 42.6 Å². The fourth-order valence-corrected chi connectivity index (χ4v) is 6.11. The Bertz CT molecular complexity index is 1870. The van der Waals surface area contributed by atoms with E-state index < -0.39 is 28.6 Å². The van der Waals surface area contributed by atoms with Gasteiger partial charge in [-0.3, -0.25) is 14.3 Å². The highest BCUT2D eigenvalue weighted by Crippen LogP contribution is 2.51. The average molecular weight is 616 g/mol. The van der Waals surface area contributed by atoms with E-state index in [-0.39, 0.29) is 36.2 Å². The number of halogens is 1. The van der Waals surface area contributed by atoms with Gasteiger partial charge in [-0.25, -0.2) is 9.37 Å². The van der Waals surface area contributed by atoms with Gasteiger partial charge < -0.3 is 30.4 Å². The van der Waals surface area contributed by atoms with Crippen molar-refractivity contribution in [1.29, 1.82) is 0 Å². The fourth-order valence-electron chi connectivity index (χ4n) is 6.11. The molecule has 11 nitrogen and oxygen atoms in total. The van der Waals surface area contributed by atoms with Gasteiger partial charge in [0.2, 0.25) is 5.91 Å². The number of aromatic nitrogens is 3. The molecule has 2 aliphatic carbocycles. The third-order valence-corrected chi connectivity index (χ3v) is 9.24. The molecular weight excluding hydrogens is 581 g/mol. The van der Waals surface area contributed by atoms with Crippen LogP contribution in [0, 0.1) is 11.7 Å². The maximum Gasteiger partial charge on any atom is 0.251 e. The molecule has 2 aromatic heterocycles. The summed E-state index contributed by atoms with van der Waals surface area (Å²) in [6.45, 7) is 1.49. The molecule has 0 saturated heterocycles. The standard InChI is InChI=1S/C33H34FN5O6/c1-32(31(35)41)16-45-29-23(32)13-26(37-28(29)22-9-6-20(34)12-24(22)43-2)33(42,19-4-5-19)15-36-30(40)17-10-18-14-39(21-7-8-21)38-27(18)25(11-17)44-3/h6,9-14,19,21,42H,4-5,7-8,15-16H2,1-3H3,(H2,35,41)(H,36,40)/t32-,33-/m0/s1. The van der Waals surface area contributed by atoms with E-state index in [2.05, 4.69) is 10.4 Å². The largest absolute Gasteiger partial charge is 0.496 e. The summed E-state index contributed by atoms with van der Waals surface area (Å²) in [5.41, 5.74) is 5.46. The van der Waals surface area contributed by atoms with Crippen molar-refractivity contribution in [3.63, 3.8) is 0 Å². The predicted octanol–water partition coefficient (Wildman–Crippen LogP) is 3.75. The molecule has 3 aliphatic rings. The summed E-state index contributed by atoms with van der Waals surface area (Å²) < 4.78 is 33.1. The molecule has 0 spiro atoms. The number of aliphatic hydroxyl groups is 1. The Morgan fingerprint density at radius 3 is 2.58 bits per heavy atom. The number of pyridine rings is 1. The van der Waals surface area contributed by atoms with Crippen LogP contribution < -0.4 is 25.3 Å². The quantitative estimate of drug-likeness (QED) is 0.244. The number of nitrogens with one attached hydrogen (secondary N) is 1. The zero-order chi connectivity index (χ0) is 31.7. The van der Waals surface area contributed by atoms with Gasteiger partial charge >= 0.3 is 0 Å². The number of hydrogen-bond donors (Lipinski definition) is 3. The number of nitrogens with two attached hydrogens (primary N) is 1. The maximum absolute atomic E-state index is 14.1. The summed E-state index contributed by atoms with van der Waals surface area (Å²) in [5, 5.41) is 20.6. The smallest absolute Gasteiger partial charge is 0.251 e. The number of amides is 2. The molecule has 12 heteroatoms. The molecule has 2 aromatic carbocycles. The van der Waals surface area contributed by atoms with Crippen LogP contribution in [0.1, 0.15) is 60.3 Å². The van der Waals surface area contributed by atoms with Crippen LogP contribution in [0.3, 0.4) is 0 Å². The van der Waals surface area contributed by atoms with Gasteiger partial charge in [0.05, 0.1) is 32.5 Å². The van der Waals surface area contributed by atoms with Crippen molar-refractivity contribution in [1.82, 2.24) is 20.1 Å². The first kappa shape index (κ1) is 29.0. The lowest BCUT2D eigenvalue weighted by molar-refractivity contribution is -0.123. The minimum absolute atomic E-state index is 0.0282. The van der Waals surface area contributed by atoms with Crippen LogP contribution in [0.4, 0.5) is 4.39 Å². The number of carbonyl (C=O) groups is 2. The highest BCUT2D eigenvalue weighted by molar-refractivity contribution is 6.00. The van der Waals surface area contributed by atoms with Gasteiger partial charge in [-0.1, -0.05) is 0 Å². The third kappa shape index (κ3) is 4.84. The van der Waals surface area contributed by atoms with Crippen molar-refractivity contribution in [2.45, 2.75) is 49.7 Å². The zero-order valence-corrected chi connectivity index (χ0v) is 25.2. The number of nitrogens with zero attached hydrogens (tertiary/aromatic N) is 3. The Morgan fingerprint density at radius 2 is 1.91 bits per heavy atom. The first-order valence-electron chi connectivity index (χ1n) is 15.0. The van der Waals surface area contributed by atoms with Crippen LogP contribution >= 0.6 is 0 Å². The number of primary amides is 1. The van der Waals surface area contributed by atoms with E-state index in [1.54, 1.807) is 25.1 Å². The van der Waals surface area contributed by atoms with Crippen molar-refractivity contribution < 1.29 is 33.3 Å². The molecule has 0 radical (unpaired) electrons. The van der Waals surface area contributed by atoms with Gasteiger partial charge in [0.25, 0.3) is 5.91 Å². The van der Waals surface area contributed by atoms with E-state index in [1.807, 2.05) is 10.9 Å². The monoisotopic (exact) mass is 615 g/mol. The van der Waals surface area contributed by atoms with Gasteiger partial charge in [0.15, 0.2) is 0 Å². The van der Waals surface area contributed by atoms with Crippen LogP contribution in [0.5, 0.6) is 17.2 Å². The van der Waals surface area contributed by atoms with Gasteiger partial charge in [-0.15, -0.1) is 0 Å². The molecule has 4 N–H and O–H groups in total.